The highest BCUT2D eigenvalue weighted by molar-refractivity contribution is 7.99. The average molecular weight is 289 g/mol. The van der Waals surface area contributed by atoms with Crippen LogP contribution in [0.4, 0.5) is 15.8 Å². The predicted molar refractivity (Wildman–Crippen MR) is 79.0 cm³/mol. The number of nitrogens with one attached hydrogen (secondary N) is 1. The maximum Gasteiger partial charge on any atom is 0.143 e. The summed E-state index contributed by atoms with van der Waals surface area (Å²) in [5.74, 6) is -0.468. The molecule has 0 aromatic heterocycles. The van der Waals surface area contributed by atoms with Crippen LogP contribution in [-0.4, -0.2) is 17.5 Å². The molecule has 2 rings (SSSR count). The van der Waals surface area contributed by atoms with Gasteiger partial charge in [0.15, 0.2) is 0 Å². The Morgan fingerprint density at radius 3 is 2.83 bits per heavy atom. The summed E-state index contributed by atoms with van der Waals surface area (Å²) in [5, 5.41) is 4.12. The third-order valence-corrected chi connectivity index (χ3v) is 4.90. The minimum absolute atomic E-state index is 0.114. The first-order valence-corrected chi connectivity index (χ1v) is 7.82. The first-order chi connectivity index (χ1) is 8.61. The third kappa shape index (κ3) is 3.04. The summed E-state index contributed by atoms with van der Waals surface area (Å²) in [6.07, 6.45) is 6.98. The van der Waals surface area contributed by atoms with Crippen LogP contribution in [-0.2, 0) is 0 Å². The van der Waals surface area contributed by atoms with Crippen LogP contribution in [0.1, 0.15) is 25.7 Å². The third-order valence-electron chi connectivity index (χ3n) is 3.44. The van der Waals surface area contributed by atoms with Gasteiger partial charge in [0.25, 0.3) is 0 Å². The van der Waals surface area contributed by atoms with Crippen LogP contribution < -0.4 is 11.1 Å². The molecule has 18 heavy (non-hydrogen) atoms. The molecule has 1 aromatic carbocycles. The van der Waals surface area contributed by atoms with E-state index in [9.17, 15) is 4.39 Å². The van der Waals surface area contributed by atoms with Crippen molar-refractivity contribution in [2.24, 2.45) is 0 Å². The predicted octanol–water partition coefficient (Wildman–Crippen LogP) is 4.15. The number of halogens is 2. The summed E-state index contributed by atoms with van der Waals surface area (Å²) in [4.78, 5) is 0. The van der Waals surface area contributed by atoms with Crippen LogP contribution in [0, 0.1) is 5.82 Å². The van der Waals surface area contributed by atoms with E-state index in [2.05, 4.69) is 11.6 Å². The molecule has 1 saturated carbocycles. The molecule has 1 aliphatic carbocycles. The highest BCUT2D eigenvalue weighted by atomic mass is 35.5. The number of nitrogen functional groups attached to an aromatic ring is 1. The largest absolute Gasteiger partial charge is 0.397 e. The fourth-order valence-electron chi connectivity index (χ4n) is 2.43. The Morgan fingerprint density at radius 2 is 2.11 bits per heavy atom. The lowest BCUT2D eigenvalue weighted by atomic mass is 9.94. The monoisotopic (exact) mass is 288 g/mol. The van der Waals surface area contributed by atoms with Crippen molar-refractivity contribution in [3.05, 3.63) is 23.0 Å². The molecule has 5 heteroatoms. The van der Waals surface area contributed by atoms with Gasteiger partial charge in [-0.1, -0.05) is 24.4 Å². The smallest absolute Gasteiger partial charge is 0.143 e. The summed E-state index contributed by atoms with van der Waals surface area (Å²) in [6.45, 7) is 0. The van der Waals surface area contributed by atoms with E-state index >= 15 is 0 Å². The van der Waals surface area contributed by atoms with Gasteiger partial charge < -0.3 is 11.1 Å². The van der Waals surface area contributed by atoms with E-state index in [4.69, 9.17) is 17.3 Å². The van der Waals surface area contributed by atoms with Crippen LogP contribution >= 0.6 is 23.4 Å². The minimum atomic E-state index is -0.468. The summed E-state index contributed by atoms with van der Waals surface area (Å²) < 4.78 is 13.2. The molecule has 0 saturated heterocycles. The van der Waals surface area contributed by atoms with Gasteiger partial charge in [0.2, 0.25) is 0 Å². The molecular weight excluding hydrogens is 271 g/mol. The van der Waals surface area contributed by atoms with Gasteiger partial charge in [-0.2, -0.15) is 11.8 Å². The number of nitrogens with two attached hydrogens (primary N) is 1. The molecule has 2 atom stereocenters. The first kappa shape index (κ1) is 13.8. The van der Waals surface area contributed by atoms with E-state index in [0.29, 0.717) is 17.0 Å². The van der Waals surface area contributed by atoms with Gasteiger partial charge in [0, 0.05) is 17.4 Å². The standard InChI is InChI=1S/C13H18ClFN2S/c1-18-13-5-3-2-4-11(13)17-12-6-8(14)9(15)7-10(12)16/h6-7,11,13,17H,2-5,16H2,1H3. The van der Waals surface area contributed by atoms with Gasteiger partial charge in [0.1, 0.15) is 5.82 Å². The molecule has 2 nitrogen and oxygen atoms in total. The van der Waals surface area contributed by atoms with Crippen LogP contribution in [0.2, 0.25) is 5.02 Å². The number of thioether (sulfide) groups is 1. The van der Waals surface area contributed by atoms with Crippen LogP contribution in [0.15, 0.2) is 12.1 Å². The Balaban J connectivity index is 2.15. The van der Waals surface area contributed by atoms with E-state index in [-0.39, 0.29) is 5.02 Å². The number of rotatable bonds is 3. The maximum absolute atomic E-state index is 13.2. The van der Waals surface area contributed by atoms with E-state index in [1.165, 1.54) is 25.3 Å². The molecule has 3 N–H and O–H groups in total. The molecule has 0 spiro atoms. The normalized spacial score (nSPS) is 23.9. The molecule has 0 bridgehead atoms. The summed E-state index contributed by atoms with van der Waals surface area (Å²) in [7, 11) is 0. The summed E-state index contributed by atoms with van der Waals surface area (Å²) >= 11 is 7.67. The number of anilines is 2. The maximum atomic E-state index is 13.2. The average Bonchev–Trinajstić information content (AvgIpc) is 2.36. The van der Waals surface area contributed by atoms with Gasteiger partial charge in [-0.05, 0) is 25.2 Å². The second-order valence-corrected chi connectivity index (χ2v) is 6.15. The van der Waals surface area contributed by atoms with Crippen molar-refractivity contribution in [1.82, 2.24) is 0 Å². The summed E-state index contributed by atoms with van der Waals surface area (Å²) in [6, 6.07) is 3.25. The van der Waals surface area contributed by atoms with Crippen LogP contribution in [0.25, 0.3) is 0 Å². The van der Waals surface area contributed by atoms with Crippen LogP contribution in [0.5, 0.6) is 0 Å². The zero-order valence-electron chi connectivity index (χ0n) is 10.4. The van der Waals surface area contributed by atoms with Crippen molar-refractivity contribution in [1.29, 1.82) is 0 Å². The van der Waals surface area contributed by atoms with Crippen LogP contribution in [0.3, 0.4) is 0 Å². The highest BCUT2D eigenvalue weighted by Crippen LogP contribution is 2.32. The molecule has 1 aromatic rings. The zero-order valence-corrected chi connectivity index (χ0v) is 12.0. The van der Waals surface area contributed by atoms with Crippen molar-refractivity contribution < 1.29 is 4.39 Å². The number of hydrogen-bond donors (Lipinski definition) is 2. The second kappa shape index (κ2) is 6.02. The summed E-state index contributed by atoms with van der Waals surface area (Å²) in [5.41, 5.74) is 6.99. The fraction of sp³-hybridized carbons (Fsp3) is 0.538. The Kier molecular flexibility index (Phi) is 4.62. The Hall–Kier alpha value is -0.610. The van der Waals surface area contributed by atoms with E-state index in [1.54, 1.807) is 6.07 Å². The second-order valence-electron chi connectivity index (χ2n) is 4.66. The van der Waals surface area contributed by atoms with Crippen molar-refractivity contribution >= 4 is 34.7 Å². The van der Waals surface area contributed by atoms with Gasteiger partial charge in [-0.3, -0.25) is 0 Å². The molecule has 0 amide bonds. The molecule has 100 valence electrons. The van der Waals surface area contributed by atoms with Gasteiger partial charge in [-0.25, -0.2) is 4.39 Å². The Bertz CT molecular complexity index is 428. The Morgan fingerprint density at radius 1 is 1.39 bits per heavy atom. The molecule has 1 fully saturated rings. The SMILES string of the molecule is CSC1CCCCC1Nc1cc(Cl)c(F)cc1N. The first-order valence-electron chi connectivity index (χ1n) is 6.15. The molecule has 2 unspecified atom stereocenters. The van der Waals surface area contributed by atoms with Crippen molar-refractivity contribution in [2.45, 2.75) is 37.0 Å². The molecule has 0 heterocycles. The van der Waals surface area contributed by atoms with E-state index in [0.717, 1.165) is 12.1 Å². The lowest BCUT2D eigenvalue weighted by Crippen LogP contribution is -2.34. The van der Waals surface area contributed by atoms with Gasteiger partial charge in [-0.15, -0.1) is 0 Å². The molecular formula is C13H18ClFN2S. The van der Waals surface area contributed by atoms with Crippen molar-refractivity contribution in [3.8, 4) is 0 Å². The minimum Gasteiger partial charge on any atom is -0.397 e. The number of hydrogen-bond acceptors (Lipinski definition) is 3. The van der Waals surface area contributed by atoms with E-state index < -0.39 is 5.82 Å². The van der Waals surface area contributed by atoms with Gasteiger partial charge >= 0.3 is 0 Å². The van der Waals surface area contributed by atoms with Gasteiger partial charge in [0.05, 0.1) is 16.4 Å². The fourth-order valence-corrected chi connectivity index (χ4v) is 3.53. The topological polar surface area (TPSA) is 38.0 Å². The molecule has 0 aliphatic heterocycles. The lowest BCUT2D eigenvalue weighted by molar-refractivity contribution is 0.475. The quantitative estimate of drug-likeness (QED) is 0.821. The van der Waals surface area contributed by atoms with E-state index in [1.807, 2.05) is 11.8 Å². The number of benzene rings is 1. The van der Waals surface area contributed by atoms with Crippen molar-refractivity contribution in [3.63, 3.8) is 0 Å². The lowest BCUT2D eigenvalue weighted by Gasteiger charge is -2.32. The highest BCUT2D eigenvalue weighted by Gasteiger charge is 2.24. The molecule has 1 aliphatic rings. The van der Waals surface area contributed by atoms with Crippen molar-refractivity contribution in [2.75, 3.05) is 17.3 Å². The Labute approximate surface area is 116 Å². The zero-order chi connectivity index (χ0) is 13.1. The molecule has 0 radical (unpaired) electrons.